The first-order valence-corrected chi connectivity index (χ1v) is 11.8. The summed E-state index contributed by atoms with van der Waals surface area (Å²) in [4.78, 5) is 28.1. The summed E-state index contributed by atoms with van der Waals surface area (Å²) in [5.74, 6) is 1.12. The topological polar surface area (TPSA) is 87.4 Å². The molecule has 0 saturated carbocycles. The number of benzene rings is 2. The lowest BCUT2D eigenvalue weighted by Crippen LogP contribution is -2.50. The molecule has 0 spiro atoms. The second-order valence-corrected chi connectivity index (χ2v) is 9.46. The van der Waals surface area contributed by atoms with Gasteiger partial charge < -0.3 is 20.9 Å². The summed E-state index contributed by atoms with van der Waals surface area (Å²) in [7, 11) is 0. The van der Waals surface area contributed by atoms with Crippen LogP contribution in [0.25, 0.3) is 21.3 Å². The number of nitrogen functional groups attached to an aromatic ring is 1. The molecule has 2 aromatic carbocycles. The number of aromatic nitrogens is 2. The van der Waals surface area contributed by atoms with Crippen LogP contribution in [0.2, 0.25) is 0 Å². The van der Waals surface area contributed by atoms with Crippen molar-refractivity contribution >= 4 is 45.0 Å². The molecular weight excluding hydrogens is 432 g/mol. The largest absolute Gasteiger partial charge is 0.368 e. The van der Waals surface area contributed by atoms with Crippen LogP contribution in [0.5, 0.6) is 0 Å². The van der Waals surface area contributed by atoms with Gasteiger partial charge in [-0.1, -0.05) is 42.5 Å². The lowest BCUT2D eigenvalue weighted by Gasteiger charge is -2.35. The highest BCUT2D eigenvalue weighted by Gasteiger charge is 2.26. The predicted molar refractivity (Wildman–Crippen MR) is 136 cm³/mol. The quantitative estimate of drug-likeness (QED) is 0.455. The zero-order valence-corrected chi connectivity index (χ0v) is 19.5. The molecule has 168 valence electrons. The second kappa shape index (κ2) is 8.71. The molecule has 2 amide bonds. The number of nitrogens with one attached hydrogen (secondary N) is 1. The Morgan fingerprint density at radius 1 is 1.00 bits per heavy atom. The number of nitrogens with two attached hydrogens (primary N) is 1. The van der Waals surface area contributed by atoms with Gasteiger partial charge in [-0.2, -0.15) is 4.98 Å². The van der Waals surface area contributed by atoms with Crippen molar-refractivity contribution in [3.8, 4) is 11.1 Å². The molecule has 3 heterocycles. The molecule has 1 aliphatic rings. The number of aryl methyl sites for hydroxylation is 2. The van der Waals surface area contributed by atoms with Crippen LogP contribution in [0.15, 0.2) is 54.6 Å². The van der Waals surface area contributed by atoms with E-state index in [0.717, 1.165) is 38.4 Å². The number of fused-ring (bicyclic) bond motifs is 1. The van der Waals surface area contributed by atoms with E-state index in [-0.39, 0.29) is 12.0 Å². The Balaban J connectivity index is 1.40. The fourth-order valence-corrected chi connectivity index (χ4v) is 5.38. The van der Waals surface area contributed by atoms with Crippen molar-refractivity contribution in [3.05, 3.63) is 65.0 Å². The Morgan fingerprint density at radius 2 is 1.76 bits per heavy atom. The first-order chi connectivity index (χ1) is 16.0. The van der Waals surface area contributed by atoms with E-state index in [0.29, 0.717) is 26.2 Å². The second-order valence-electron chi connectivity index (χ2n) is 8.26. The van der Waals surface area contributed by atoms with Crippen molar-refractivity contribution in [2.24, 2.45) is 0 Å². The molecule has 3 N–H and O–H groups in total. The molecule has 0 aliphatic carbocycles. The standard InChI is InChI=1S/C25H26N6OS/c1-16-7-6-10-19(15-16)27-25(32)31-13-11-30(12-14-31)22-21-20(18-8-4-3-5-9-18)17(2)33-23(21)29-24(26)28-22/h3-10,15H,11-14H2,1-2H3,(H,27,32)(H2,26,28,29). The van der Waals surface area contributed by atoms with Crippen molar-refractivity contribution in [1.29, 1.82) is 0 Å². The minimum atomic E-state index is -0.0797. The zero-order valence-electron chi connectivity index (χ0n) is 18.7. The number of urea groups is 1. The third kappa shape index (κ3) is 4.21. The van der Waals surface area contributed by atoms with E-state index < -0.39 is 0 Å². The van der Waals surface area contributed by atoms with Gasteiger partial charge in [0.25, 0.3) is 0 Å². The van der Waals surface area contributed by atoms with Gasteiger partial charge in [0.15, 0.2) is 0 Å². The van der Waals surface area contributed by atoms with E-state index in [4.69, 9.17) is 5.73 Å². The molecule has 0 atom stereocenters. The fourth-order valence-electron chi connectivity index (χ4n) is 4.34. The highest BCUT2D eigenvalue weighted by atomic mass is 32.1. The number of carbonyl (C=O) groups is 1. The van der Waals surface area contributed by atoms with Crippen molar-refractivity contribution in [2.75, 3.05) is 42.1 Å². The van der Waals surface area contributed by atoms with Crippen LogP contribution in [-0.4, -0.2) is 47.1 Å². The first-order valence-electron chi connectivity index (χ1n) is 11.0. The third-order valence-corrected chi connectivity index (χ3v) is 6.92. The molecule has 0 bridgehead atoms. The Kier molecular flexibility index (Phi) is 5.60. The number of thiophene rings is 1. The highest BCUT2D eigenvalue weighted by Crippen LogP contribution is 2.42. The van der Waals surface area contributed by atoms with Crippen LogP contribution >= 0.6 is 11.3 Å². The van der Waals surface area contributed by atoms with Crippen LogP contribution in [0.4, 0.5) is 22.2 Å². The normalized spacial score (nSPS) is 14.0. The van der Waals surface area contributed by atoms with Crippen molar-refractivity contribution < 1.29 is 4.79 Å². The maximum Gasteiger partial charge on any atom is 0.321 e. The minimum Gasteiger partial charge on any atom is -0.368 e. The van der Waals surface area contributed by atoms with Crippen LogP contribution < -0.4 is 16.0 Å². The van der Waals surface area contributed by atoms with Gasteiger partial charge in [0.1, 0.15) is 10.6 Å². The molecule has 1 fully saturated rings. The molecule has 1 aliphatic heterocycles. The smallest absolute Gasteiger partial charge is 0.321 e. The van der Waals surface area contributed by atoms with Crippen molar-refractivity contribution in [1.82, 2.24) is 14.9 Å². The summed E-state index contributed by atoms with van der Waals surface area (Å²) in [6.45, 7) is 6.69. The predicted octanol–water partition coefficient (Wildman–Crippen LogP) is 4.91. The van der Waals surface area contributed by atoms with E-state index in [1.165, 1.54) is 4.88 Å². The van der Waals surface area contributed by atoms with Gasteiger partial charge in [0.2, 0.25) is 5.95 Å². The number of hydrogen-bond acceptors (Lipinski definition) is 6. The average molecular weight is 459 g/mol. The van der Waals surface area contributed by atoms with E-state index in [1.54, 1.807) is 11.3 Å². The lowest BCUT2D eigenvalue weighted by molar-refractivity contribution is 0.208. The summed E-state index contributed by atoms with van der Waals surface area (Å²) in [6.07, 6.45) is 0. The van der Waals surface area contributed by atoms with Gasteiger partial charge >= 0.3 is 6.03 Å². The van der Waals surface area contributed by atoms with E-state index in [1.807, 2.05) is 54.3 Å². The summed E-state index contributed by atoms with van der Waals surface area (Å²) in [5, 5.41) is 4.04. The SMILES string of the molecule is Cc1cccc(NC(=O)N2CCN(c3nc(N)nc4sc(C)c(-c5ccccc5)c34)CC2)c1. The first kappa shape index (κ1) is 21.2. The number of rotatable bonds is 3. The Hall–Kier alpha value is -3.65. The molecule has 7 nitrogen and oxygen atoms in total. The summed E-state index contributed by atoms with van der Waals surface area (Å²) < 4.78 is 0. The van der Waals surface area contributed by atoms with E-state index in [9.17, 15) is 4.79 Å². The molecule has 2 aromatic heterocycles. The molecule has 5 rings (SSSR count). The minimum absolute atomic E-state index is 0.0797. The van der Waals surface area contributed by atoms with Gasteiger partial charge in [0, 0.05) is 42.3 Å². The number of hydrogen-bond donors (Lipinski definition) is 2. The molecule has 4 aromatic rings. The molecule has 0 radical (unpaired) electrons. The summed E-state index contributed by atoms with van der Waals surface area (Å²) >= 11 is 1.64. The van der Waals surface area contributed by atoms with Gasteiger partial charge in [0.05, 0.1) is 5.39 Å². The Bertz CT molecular complexity index is 1310. The van der Waals surface area contributed by atoms with E-state index >= 15 is 0 Å². The fraction of sp³-hybridized carbons (Fsp3) is 0.240. The highest BCUT2D eigenvalue weighted by molar-refractivity contribution is 7.19. The van der Waals surface area contributed by atoms with Crippen molar-refractivity contribution in [2.45, 2.75) is 13.8 Å². The average Bonchev–Trinajstić information content (AvgIpc) is 3.14. The Morgan fingerprint density at radius 3 is 2.48 bits per heavy atom. The van der Waals surface area contributed by atoms with Gasteiger partial charge in [-0.05, 0) is 37.1 Å². The number of carbonyl (C=O) groups excluding carboxylic acids is 1. The number of anilines is 3. The number of nitrogens with zero attached hydrogens (tertiary/aromatic N) is 4. The van der Waals surface area contributed by atoms with Gasteiger partial charge in [-0.25, -0.2) is 9.78 Å². The summed E-state index contributed by atoms with van der Waals surface area (Å²) in [5.41, 5.74) is 10.3. The van der Waals surface area contributed by atoms with Crippen LogP contribution in [0.3, 0.4) is 0 Å². The zero-order chi connectivity index (χ0) is 22.9. The van der Waals surface area contributed by atoms with Gasteiger partial charge in [-0.3, -0.25) is 0 Å². The monoisotopic (exact) mass is 458 g/mol. The third-order valence-electron chi connectivity index (χ3n) is 5.92. The maximum atomic E-state index is 12.8. The summed E-state index contributed by atoms with van der Waals surface area (Å²) in [6, 6.07) is 18.1. The number of piperazine rings is 1. The van der Waals surface area contributed by atoms with Crippen LogP contribution in [0, 0.1) is 13.8 Å². The molecule has 0 unspecified atom stereocenters. The number of amides is 2. The Labute approximate surface area is 196 Å². The van der Waals surface area contributed by atoms with Crippen molar-refractivity contribution in [3.63, 3.8) is 0 Å². The molecule has 1 saturated heterocycles. The maximum absolute atomic E-state index is 12.8. The van der Waals surface area contributed by atoms with Gasteiger partial charge in [-0.15, -0.1) is 11.3 Å². The molecule has 33 heavy (non-hydrogen) atoms. The van der Waals surface area contributed by atoms with Crippen LogP contribution in [-0.2, 0) is 0 Å². The van der Waals surface area contributed by atoms with Crippen LogP contribution in [0.1, 0.15) is 10.4 Å². The molecule has 8 heteroatoms. The molecular formula is C25H26N6OS. The van der Waals surface area contributed by atoms with E-state index in [2.05, 4.69) is 39.2 Å². The lowest BCUT2D eigenvalue weighted by atomic mass is 10.0.